The van der Waals surface area contributed by atoms with E-state index in [0.29, 0.717) is 12.0 Å². The van der Waals surface area contributed by atoms with E-state index in [4.69, 9.17) is 4.98 Å². The molecular formula is C20H26N8O. The zero-order chi connectivity index (χ0) is 19.8. The van der Waals surface area contributed by atoms with Gasteiger partial charge in [0.1, 0.15) is 5.52 Å². The maximum Gasteiger partial charge on any atom is 0.330 e. The van der Waals surface area contributed by atoms with Gasteiger partial charge >= 0.3 is 5.69 Å². The Labute approximate surface area is 168 Å². The van der Waals surface area contributed by atoms with E-state index in [2.05, 4.69) is 25.2 Å². The van der Waals surface area contributed by atoms with Crippen LogP contribution in [0, 0.1) is 0 Å². The number of aromatic nitrogens is 6. The molecule has 152 valence electrons. The number of imidazole rings is 1. The fourth-order valence-electron chi connectivity index (χ4n) is 4.56. The summed E-state index contributed by atoms with van der Waals surface area (Å²) in [7, 11) is 1.80. The predicted molar refractivity (Wildman–Crippen MR) is 111 cm³/mol. The highest BCUT2D eigenvalue weighted by Crippen LogP contribution is 2.30. The second-order valence-electron chi connectivity index (χ2n) is 8.01. The number of aryl methyl sites for hydroxylation is 1. The van der Waals surface area contributed by atoms with Crippen LogP contribution in [0.1, 0.15) is 44.6 Å². The molecule has 4 heterocycles. The first kappa shape index (κ1) is 18.1. The van der Waals surface area contributed by atoms with Gasteiger partial charge in [0.2, 0.25) is 11.9 Å². The summed E-state index contributed by atoms with van der Waals surface area (Å²) in [6.07, 6.45) is 11.7. The molecule has 0 spiro atoms. The van der Waals surface area contributed by atoms with Crippen molar-refractivity contribution >= 4 is 23.1 Å². The van der Waals surface area contributed by atoms with Crippen molar-refractivity contribution in [2.24, 2.45) is 7.05 Å². The molecule has 1 saturated heterocycles. The van der Waals surface area contributed by atoms with E-state index >= 15 is 0 Å². The van der Waals surface area contributed by atoms with Gasteiger partial charge in [0.05, 0.1) is 6.20 Å². The molecule has 3 aromatic rings. The first-order valence-corrected chi connectivity index (χ1v) is 10.4. The zero-order valence-corrected chi connectivity index (χ0v) is 16.7. The van der Waals surface area contributed by atoms with Gasteiger partial charge in [0, 0.05) is 44.6 Å². The van der Waals surface area contributed by atoms with Crippen LogP contribution in [-0.4, -0.2) is 48.2 Å². The van der Waals surface area contributed by atoms with Crippen LogP contribution in [0.4, 0.5) is 11.9 Å². The quantitative estimate of drug-likeness (QED) is 0.724. The van der Waals surface area contributed by atoms with Crippen molar-refractivity contribution < 1.29 is 0 Å². The lowest BCUT2D eigenvalue weighted by Gasteiger charge is -2.32. The van der Waals surface area contributed by atoms with Crippen molar-refractivity contribution in [3.63, 3.8) is 0 Å². The van der Waals surface area contributed by atoms with E-state index in [1.165, 1.54) is 12.8 Å². The number of nitrogens with one attached hydrogen (secondary N) is 1. The molecule has 0 amide bonds. The number of anilines is 2. The van der Waals surface area contributed by atoms with Gasteiger partial charge in [-0.3, -0.25) is 9.13 Å². The Kier molecular flexibility index (Phi) is 4.65. The topological polar surface area (TPSA) is 93.8 Å². The summed E-state index contributed by atoms with van der Waals surface area (Å²) in [6.45, 7) is 1.78. The van der Waals surface area contributed by atoms with E-state index in [1.807, 2.05) is 10.6 Å². The Morgan fingerprint density at radius 2 is 1.76 bits per heavy atom. The largest absolute Gasteiger partial charge is 0.351 e. The monoisotopic (exact) mass is 394 g/mol. The van der Waals surface area contributed by atoms with Crippen molar-refractivity contribution in [1.82, 2.24) is 29.1 Å². The summed E-state index contributed by atoms with van der Waals surface area (Å²) in [5.41, 5.74) is 1.55. The zero-order valence-electron chi connectivity index (χ0n) is 16.7. The van der Waals surface area contributed by atoms with Gasteiger partial charge in [0.25, 0.3) is 0 Å². The molecule has 0 bridgehead atoms. The van der Waals surface area contributed by atoms with Crippen LogP contribution in [-0.2, 0) is 7.05 Å². The van der Waals surface area contributed by atoms with E-state index < -0.39 is 0 Å². The number of piperidine rings is 1. The Hall–Kier alpha value is -2.97. The molecule has 29 heavy (non-hydrogen) atoms. The molecule has 9 nitrogen and oxygen atoms in total. The Bertz CT molecular complexity index is 1050. The van der Waals surface area contributed by atoms with Crippen molar-refractivity contribution in [3.8, 4) is 0 Å². The van der Waals surface area contributed by atoms with Gasteiger partial charge in [-0.25, -0.2) is 19.7 Å². The van der Waals surface area contributed by atoms with Crippen LogP contribution in [0.3, 0.4) is 0 Å². The summed E-state index contributed by atoms with van der Waals surface area (Å²) >= 11 is 0. The third-order valence-electron chi connectivity index (χ3n) is 6.19. The number of fused-ring (bicyclic) bond motifs is 1. The number of hydrogen-bond donors (Lipinski definition) is 1. The van der Waals surface area contributed by atoms with Crippen LogP contribution >= 0.6 is 0 Å². The molecule has 1 aliphatic carbocycles. The predicted octanol–water partition coefficient (Wildman–Crippen LogP) is 2.12. The molecule has 9 heteroatoms. The van der Waals surface area contributed by atoms with Gasteiger partial charge < -0.3 is 10.2 Å². The molecule has 1 saturated carbocycles. The molecule has 2 fully saturated rings. The molecule has 1 N–H and O–H groups in total. The molecular weight excluding hydrogens is 368 g/mol. The maximum absolute atomic E-state index is 12.8. The fourth-order valence-corrected chi connectivity index (χ4v) is 4.56. The maximum atomic E-state index is 12.8. The van der Waals surface area contributed by atoms with Crippen LogP contribution in [0.15, 0.2) is 29.5 Å². The third-order valence-corrected chi connectivity index (χ3v) is 6.19. The van der Waals surface area contributed by atoms with Gasteiger partial charge in [-0.15, -0.1) is 0 Å². The van der Waals surface area contributed by atoms with Crippen molar-refractivity contribution in [2.75, 3.05) is 23.3 Å². The normalized spacial score (nSPS) is 18.6. The van der Waals surface area contributed by atoms with Gasteiger partial charge in [-0.1, -0.05) is 12.8 Å². The summed E-state index contributed by atoms with van der Waals surface area (Å²) in [4.78, 5) is 32.9. The van der Waals surface area contributed by atoms with Crippen molar-refractivity contribution in [3.05, 3.63) is 35.1 Å². The molecule has 2 aliphatic rings. The van der Waals surface area contributed by atoms with E-state index in [0.717, 1.165) is 55.9 Å². The molecule has 0 unspecified atom stereocenters. The minimum absolute atomic E-state index is 0.00881. The lowest BCUT2D eigenvalue weighted by molar-refractivity contribution is 0.505. The summed E-state index contributed by atoms with van der Waals surface area (Å²) < 4.78 is 3.54. The smallest absolute Gasteiger partial charge is 0.330 e. The van der Waals surface area contributed by atoms with Crippen LogP contribution in [0.2, 0.25) is 0 Å². The summed E-state index contributed by atoms with van der Waals surface area (Å²) in [6, 6.07) is 2.38. The Balaban J connectivity index is 1.34. The standard InChI is InChI=1S/C20H26N8O/c1-26-16-13-23-18(25-17(16)28(20(26)29)15-5-2-3-6-15)24-14-7-11-27(12-8-14)19-21-9-4-10-22-19/h4,9-10,13-15H,2-3,5-8,11-12H2,1H3,(H,23,24,25). The number of hydrogen-bond acceptors (Lipinski definition) is 7. The lowest BCUT2D eigenvalue weighted by atomic mass is 10.1. The molecule has 0 atom stereocenters. The first-order valence-electron chi connectivity index (χ1n) is 10.4. The van der Waals surface area contributed by atoms with Crippen LogP contribution in [0.5, 0.6) is 0 Å². The highest BCUT2D eigenvalue weighted by Gasteiger charge is 2.25. The van der Waals surface area contributed by atoms with E-state index in [1.54, 1.807) is 30.2 Å². The van der Waals surface area contributed by atoms with Crippen molar-refractivity contribution in [2.45, 2.75) is 50.6 Å². The first-order chi connectivity index (χ1) is 14.2. The molecule has 5 rings (SSSR count). The highest BCUT2D eigenvalue weighted by molar-refractivity contribution is 5.72. The fraction of sp³-hybridized carbons (Fsp3) is 0.550. The number of nitrogens with zero attached hydrogens (tertiary/aromatic N) is 7. The lowest BCUT2D eigenvalue weighted by Crippen LogP contribution is -2.40. The van der Waals surface area contributed by atoms with Crippen LogP contribution in [0.25, 0.3) is 11.2 Å². The summed E-state index contributed by atoms with van der Waals surface area (Å²) in [5.74, 6) is 1.39. The third kappa shape index (κ3) is 3.34. The van der Waals surface area contributed by atoms with Crippen molar-refractivity contribution in [1.29, 1.82) is 0 Å². The SMILES string of the molecule is Cn1c(=O)n(C2CCCC2)c2nc(NC3CCN(c4ncccn4)CC3)ncc21. The average Bonchev–Trinajstić information content (AvgIpc) is 3.36. The number of rotatable bonds is 4. The molecule has 0 aromatic carbocycles. The summed E-state index contributed by atoms with van der Waals surface area (Å²) in [5, 5.41) is 3.48. The van der Waals surface area contributed by atoms with Gasteiger partial charge in [-0.05, 0) is 31.7 Å². The molecule has 3 aromatic heterocycles. The van der Waals surface area contributed by atoms with E-state index in [-0.39, 0.29) is 11.7 Å². The minimum Gasteiger partial charge on any atom is -0.351 e. The highest BCUT2D eigenvalue weighted by atomic mass is 16.1. The molecule has 1 aliphatic heterocycles. The van der Waals surface area contributed by atoms with Gasteiger partial charge in [-0.2, -0.15) is 4.98 Å². The Morgan fingerprint density at radius 3 is 2.48 bits per heavy atom. The van der Waals surface area contributed by atoms with Gasteiger partial charge in [0.15, 0.2) is 5.65 Å². The molecule has 0 radical (unpaired) electrons. The van der Waals surface area contributed by atoms with Crippen LogP contribution < -0.4 is 15.9 Å². The second kappa shape index (κ2) is 7.46. The minimum atomic E-state index is 0.00881. The average molecular weight is 394 g/mol. The van der Waals surface area contributed by atoms with E-state index in [9.17, 15) is 4.79 Å². The second-order valence-corrected chi connectivity index (χ2v) is 8.01. The Morgan fingerprint density at radius 1 is 1.03 bits per heavy atom.